The van der Waals surface area contributed by atoms with Crippen LogP contribution < -0.4 is 10.6 Å². The molecule has 0 aliphatic rings. The number of hydrogen-bond acceptors (Lipinski definition) is 2. The monoisotopic (exact) mass is 234 g/mol. The molecule has 2 nitrogen and oxygen atoms in total. The predicted octanol–water partition coefficient (Wildman–Crippen LogP) is 2.70. The van der Waals surface area contributed by atoms with E-state index in [1.165, 1.54) is 28.7 Å². The van der Waals surface area contributed by atoms with Crippen LogP contribution in [0.25, 0.3) is 0 Å². The lowest BCUT2D eigenvalue weighted by Crippen LogP contribution is -2.27. The second-order valence-electron chi connectivity index (χ2n) is 4.80. The molecule has 0 atom stereocenters. The van der Waals surface area contributed by atoms with Crippen molar-refractivity contribution in [3.8, 4) is 0 Å². The molecule has 1 rings (SSSR count). The third kappa shape index (κ3) is 4.88. The molecule has 2 heteroatoms. The molecule has 1 aromatic carbocycles. The Kier molecular flexibility index (Phi) is 6.23. The molecule has 2 N–H and O–H groups in total. The summed E-state index contributed by atoms with van der Waals surface area (Å²) < 4.78 is 0. The Morgan fingerprint density at radius 2 is 1.47 bits per heavy atom. The van der Waals surface area contributed by atoms with E-state index in [1.807, 2.05) is 0 Å². The third-order valence-electron chi connectivity index (χ3n) is 3.05. The molecule has 0 heterocycles. The first kappa shape index (κ1) is 14.2. The Hall–Kier alpha value is -0.860. The summed E-state index contributed by atoms with van der Waals surface area (Å²) in [6.45, 7) is 12.9. The first-order chi connectivity index (χ1) is 8.15. The maximum atomic E-state index is 3.50. The Bertz CT molecular complexity index is 322. The Labute approximate surface area is 106 Å². The van der Waals surface area contributed by atoms with Crippen molar-refractivity contribution in [3.63, 3.8) is 0 Å². The van der Waals surface area contributed by atoms with Gasteiger partial charge in [-0.1, -0.05) is 24.6 Å². The van der Waals surface area contributed by atoms with Gasteiger partial charge in [0.15, 0.2) is 0 Å². The van der Waals surface area contributed by atoms with Crippen LogP contribution in [0.4, 0.5) is 0 Å². The van der Waals surface area contributed by atoms with Crippen LogP contribution in [0.1, 0.15) is 35.6 Å². The van der Waals surface area contributed by atoms with Crippen molar-refractivity contribution in [2.24, 2.45) is 0 Å². The van der Waals surface area contributed by atoms with Crippen molar-refractivity contribution >= 4 is 0 Å². The van der Waals surface area contributed by atoms with Gasteiger partial charge < -0.3 is 10.6 Å². The zero-order valence-corrected chi connectivity index (χ0v) is 11.7. The molecule has 0 bridgehead atoms. The fraction of sp³-hybridized carbons (Fsp3) is 0.600. The summed E-state index contributed by atoms with van der Waals surface area (Å²) in [5.74, 6) is 0. The van der Waals surface area contributed by atoms with Crippen molar-refractivity contribution in [2.45, 2.75) is 40.7 Å². The van der Waals surface area contributed by atoms with Gasteiger partial charge in [-0.25, -0.2) is 0 Å². The zero-order valence-electron chi connectivity index (χ0n) is 11.7. The molecule has 96 valence electrons. The number of hydrogen-bond donors (Lipinski definition) is 2. The molecule has 0 unspecified atom stereocenters. The minimum atomic E-state index is 0.978. The molecule has 0 fully saturated rings. The van der Waals surface area contributed by atoms with Gasteiger partial charge >= 0.3 is 0 Å². The Morgan fingerprint density at radius 3 is 2.06 bits per heavy atom. The SMILES string of the molecule is CCCNCCNCc1c(C)cc(C)cc1C. The van der Waals surface area contributed by atoms with Crippen molar-refractivity contribution in [1.29, 1.82) is 0 Å². The van der Waals surface area contributed by atoms with E-state index in [9.17, 15) is 0 Å². The van der Waals surface area contributed by atoms with Gasteiger partial charge in [-0.05, 0) is 50.4 Å². The second-order valence-corrected chi connectivity index (χ2v) is 4.80. The summed E-state index contributed by atoms with van der Waals surface area (Å²) in [6.07, 6.45) is 1.20. The van der Waals surface area contributed by atoms with Gasteiger partial charge in [0.2, 0.25) is 0 Å². The molecule has 0 aliphatic carbocycles. The van der Waals surface area contributed by atoms with Crippen molar-refractivity contribution < 1.29 is 0 Å². The summed E-state index contributed by atoms with van der Waals surface area (Å²) in [6, 6.07) is 4.53. The highest BCUT2D eigenvalue weighted by molar-refractivity contribution is 5.37. The minimum absolute atomic E-state index is 0.978. The topological polar surface area (TPSA) is 24.1 Å². The minimum Gasteiger partial charge on any atom is -0.315 e. The van der Waals surface area contributed by atoms with E-state index in [-0.39, 0.29) is 0 Å². The molecule has 0 saturated heterocycles. The standard InChI is InChI=1S/C15H26N2/c1-5-6-16-7-8-17-11-15-13(3)9-12(2)10-14(15)4/h9-10,16-17H,5-8,11H2,1-4H3. The number of rotatable bonds is 7. The Balaban J connectivity index is 2.36. The summed E-state index contributed by atoms with van der Waals surface area (Å²) in [7, 11) is 0. The summed E-state index contributed by atoms with van der Waals surface area (Å²) in [5.41, 5.74) is 5.60. The molecule has 1 aromatic rings. The lowest BCUT2D eigenvalue weighted by Gasteiger charge is -2.12. The van der Waals surface area contributed by atoms with Crippen LogP contribution in [-0.2, 0) is 6.54 Å². The first-order valence-corrected chi connectivity index (χ1v) is 6.63. The van der Waals surface area contributed by atoms with E-state index in [0.29, 0.717) is 0 Å². The van der Waals surface area contributed by atoms with Crippen LogP contribution in [0.15, 0.2) is 12.1 Å². The van der Waals surface area contributed by atoms with Crippen LogP contribution in [0, 0.1) is 20.8 Å². The first-order valence-electron chi connectivity index (χ1n) is 6.63. The van der Waals surface area contributed by atoms with Gasteiger partial charge in [-0.15, -0.1) is 0 Å². The highest BCUT2D eigenvalue weighted by atomic mass is 14.9. The van der Waals surface area contributed by atoms with Crippen LogP contribution >= 0.6 is 0 Å². The van der Waals surface area contributed by atoms with Crippen LogP contribution in [0.3, 0.4) is 0 Å². The van der Waals surface area contributed by atoms with Gasteiger partial charge in [0.05, 0.1) is 0 Å². The molecule has 0 saturated carbocycles. The van der Waals surface area contributed by atoms with Crippen molar-refractivity contribution in [3.05, 3.63) is 34.4 Å². The van der Waals surface area contributed by atoms with Crippen molar-refractivity contribution in [1.82, 2.24) is 10.6 Å². The van der Waals surface area contributed by atoms with E-state index in [1.54, 1.807) is 0 Å². The summed E-state index contributed by atoms with van der Waals surface area (Å²) >= 11 is 0. The zero-order chi connectivity index (χ0) is 12.7. The maximum absolute atomic E-state index is 3.50. The molecule has 17 heavy (non-hydrogen) atoms. The van der Waals surface area contributed by atoms with Gasteiger partial charge in [0.1, 0.15) is 0 Å². The van der Waals surface area contributed by atoms with Crippen molar-refractivity contribution in [2.75, 3.05) is 19.6 Å². The highest BCUT2D eigenvalue weighted by Crippen LogP contribution is 2.15. The summed E-state index contributed by atoms with van der Waals surface area (Å²) in [4.78, 5) is 0. The van der Waals surface area contributed by atoms with Gasteiger partial charge in [0.25, 0.3) is 0 Å². The van der Waals surface area contributed by atoms with Crippen LogP contribution in [0.5, 0.6) is 0 Å². The number of aryl methyl sites for hydroxylation is 3. The van der Waals surface area contributed by atoms with E-state index in [2.05, 4.69) is 50.5 Å². The fourth-order valence-corrected chi connectivity index (χ4v) is 2.18. The molecule has 0 radical (unpaired) electrons. The molecule has 0 aromatic heterocycles. The Morgan fingerprint density at radius 1 is 0.882 bits per heavy atom. The maximum Gasteiger partial charge on any atom is 0.0211 e. The van der Waals surface area contributed by atoms with Gasteiger partial charge in [-0.3, -0.25) is 0 Å². The fourth-order valence-electron chi connectivity index (χ4n) is 2.18. The number of nitrogens with one attached hydrogen (secondary N) is 2. The lowest BCUT2D eigenvalue weighted by molar-refractivity contribution is 0.605. The normalized spacial score (nSPS) is 10.8. The quantitative estimate of drug-likeness (QED) is 0.709. The van der Waals surface area contributed by atoms with E-state index < -0.39 is 0 Å². The molecular weight excluding hydrogens is 208 g/mol. The highest BCUT2D eigenvalue weighted by Gasteiger charge is 2.02. The predicted molar refractivity (Wildman–Crippen MR) is 75.5 cm³/mol. The molecule has 0 spiro atoms. The van der Waals surface area contributed by atoms with Crippen LogP contribution in [0.2, 0.25) is 0 Å². The molecular formula is C15H26N2. The van der Waals surface area contributed by atoms with Gasteiger partial charge in [0, 0.05) is 19.6 Å². The third-order valence-corrected chi connectivity index (χ3v) is 3.05. The number of benzene rings is 1. The lowest BCUT2D eigenvalue weighted by atomic mass is 10.00. The average molecular weight is 234 g/mol. The molecule has 0 amide bonds. The van der Waals surface area contributed by atoms with E-state index >= 15 is 0 Å². The van der Waals surface area contributed by atoms with E-state index in [4.69, 9.17) is 0 Å². The second kappa shape index (κ2) is 7.46. The largest absolute Gasteiger partial charge is 0.315 e. The molecule has 0 aliphatic heterocycles. The smallest absolute Gasteiger partial charge is 0.0211 e. The average Bonchev–Trinajstić information content (AvgIpc) is 2.26. The van der Waals surface area contributed by atoms with E-state index in [0.717, 1.165) is 26.2 Å². The van der Waals surface area contributed by atoms with Crippen LogP contribution in [-0.4, -0.2) is 19.6 Å². The van der Waals surface area contributed by atoms with Gasteiger partial charge in [-0.2, -0.15) is 0 Å². The summed E-state index contributed by atoms with van der Waals surface area (Å²) in [5, 5.41) is 6.90.